The highest BCUT2D eigenvalue weighted by Gasteiger charge is 2.14. The molecule has 3 aromatic rings. The lowest BCUT2D eigenvalue weighted by Crippen LogP contribution is -2.24. The summed E-state index contributed by atoms with van der Waals surface area (Å²) in [6.07, 6.45) is 0. The maximum absolute atomic E-state index is 12.9. The van der Waals surface area contributed by atoms with Gasteiger partial charge in [0.05, 0.1) is 17.9 Å². The second-order valence-electron chi connectivity index (χ2n) is 5.96. The molecule has 0 unspecified atom stereocenters. The average molecular weight is 478 g/mol. The molecule has 0 spiro atoms. The molecule has 0 aliphatic carbocycles. The summed E-state index contributed by atoms with van der Waals surface area (Å²) in [5, 5.41) is 14.2. The zero-order valence-electron chi connectivity index (χ0n) is 15.4. The Bertz CT molecular complexity index is 1030. The van der Waals surface area contributed by atoms with Crippen molar-refractivity contribution in [3.8, 4) is 0 Å². The molecule has 2 aromatic carbocycles. The molecule has 10 heteroatoms. The first-order valence-electron chi connectivity index (χ1n) is 8.53. The number of amides is 2. The Kier molecular flexibility index (Phi) is 6.99. The van der Waals surface area contributed by atoms with E-state index in [-0.39, 0.29) is 29.9 Å². The van der Waals surface area contributed by atoms with E-state index in [4.69, 9.17) is 0 Å². The molecule has 1 heterocycles. The number of rotatable bonds is 7. The fraction of sp³-hybridized carbons (Fsp3) is 0.158. The second-order valence-corrected chi connectivity index (χ2v) is 7.76. The van der Waals surface area contributed by atoms with E-state index in [0.717, 1.165) is 0 Å². The van der Waals surface area contributed by atoms with Crippen LogP contribution in [0.15, 0.2) is 58.2 Å². The number of aromatic nitrogens is 3. The van der Waals surface area contributed by atoms with Crippen LogP contribution in [0.4, 0.5) is 10.1 Å². The van der Waals surface area contributed by atoms with Crippen LogP contribution in [0.1, 0.15) is 16.2 Å². The van der Waals surface area contributed by atoms with Gasteiger partial charge in [-0.3, -0.25) is 9.59 Å². The Morgan fingerprint density at radius 1 is 1.14 bits per heavy atom. The molecule has 7 nitrogen and oxygen atoms in total. The average Bonchev–Trinajstić information content (AvgIpc) is 3.06. The topological polar surface area (TPSA) is 88.9 Å². The van der Waals surface area contributed by atoms with Gasteiger partial charge < -0.3 is 15.2 Å². The van der Waals surface area contributed by atoms with Gasteiger partial charge in [0.2, 0.25) is 5.91 Å². The summed E-state index contributed by atoms with van der Waals surface area (Å²) in [6, 6.07) is 12.7. The van der Waals surface area contributed by atoms with Crippen molar-refractivity contribution < 1.29 is 14.0 Å². The van der Waals surface area contributed by atoms with Crippen LogP contribution in [0.3, 0.4) is 0 Å². The first kappa shape index (κ1) is 21.0. The summed E-state index contributed by atoms with van der Waals surface area (Å²) in [7, 11) is 1.76. The largest absolute Gasteiger partial charge is 0.345 e. The number of hydrogen-bond acceptors (Lipinski definition) is 5. The van der Waals surface area contributed by atoms with Gasteiger partial charge in [0.15, 0.2) is 11.0 Å². The summed E-state index contributed by atoms with van der Waals surface area (Å²) >= 11 is 4.56. The van der Waals surface area contributed by atoms with E-state index in [0.29, 0.717) is 26.7 Å². The molecule has 0 saturated carbocycles. The molecule has 0 aliphatic heterocycles. The van der Waals surface area contributed by atoms with E-state index in [2.05, 4.69) is 36.8 Å². The summed E-state index contributed by atoms with van der Waals surface area (Å²) in [6.45, 7) is 0.200. The molecule has 29 heavy (non-hydrogen) atoms. The number of thioether (sulfide) groups is 1. The van der Waals surface area contributed by atoms with Gasteiger partial charge in [0.25, 0.3) is 5.91 Å². The van der Waals surface area contributed by atoms with Crippen molar-refractivity contribution in [1.82, 2.24) is 20.1 Å². The summed E-state index contributed by atoms with van der Waals surface area (Å²) in [5.74, 6) is -0.156. The highest BCUT2D eigenvalue weighted by molar-refractivity contribution is 9.10. The van der Waals surface area contributed by atoms with Gasteiger partial charge >= 0.3 is 0 Å². The van der Waals surface area contributed by atoms with E-state index in [9.17, 15) is 14.0 Å². The molecule has 3 rings (SSSR count). The van der Waals surface area contributed by atoms with E-state index in [1.54, 1.807) is 29.8 Å². The van der Waals surface area contributed by atoms with Crippen molar-refractivity contribution in [2.75, 3.05) is 11.1 Å². The number of halogens is 2. The molecule has 0 fully saturated rings. The number of carbonyl (C=O) groups is 2. The predicted octanol–water partition coefficient (Wildman–Crippen LogP) is 3.38. The first-order valence-corrected chi connectivity index (χ1v) is 10.3. The minimum Gasteiger partial charge on any atom is -0.345 e. The Balaban J connectivity index is 1.52. The molecule has 2 amide bonds. The molecule has 0 bridgehead atoms. The molecule has 2 N–H and O–H groups in total. The third kappa shape index (κ3) is 5.64. The number of carbonyl (C=O) groups excluding carboxylic acids is 2. The quantitative estimate of drug-likeness (QED) is 0.509. The zero-order valence-corrected chi connectivity index (χ0v) is 17.8. The maximum atomic E-state index is 12.9. The van der Waals surface area contributed by atoms with Crippen molar-refractivity contribution in [2.45, 2.75) is 11.7 Å². The van der Waals surface area contributed by atoms with Crippen LogP contribution in [0.25, 0.3) is 0 Å². The van der Waals surface area contributed by atoms with Crippen LogP contribution in [-0.2, 0) is 18.4 Å². The highest BCUT2D eigenvalue weighted by atomic mass is 79.9. The molecular formula is C19H17BrFN5O2S. The standard InChI is InChI=1S/C19H17BrFN5O2S/c1-26-16(10-22-18(28)14-4-2-3-5-15(14)20)24-25-19(26)29-11-17(27)23-13-8-6-12(21)7-9-13/h2-9H,10-11H2,1H3,(H,22,28)(H,23,27). The zero-order chi connectivity index (χ0) is 20.8. The van der Waals surface area contributed by atoms with E-state index >= 15 is 0 Å². The van der Waals surface area contributed by atoms with Gasteiger partial charge in [0, 0.05) is 17.2 Å². The second kappa shape index (κ2) is 9.66. The lowest BCUT2D eigenvalue weighted by Gasteiger charge is -2.07. The van der Waals surface area contributed by atoms with Gasteiger partial charge in [-0.05, 0) is 52.3 Å². The normalized spacial score (nSPS) is 10.6. The molecule has 0 aliphatic rings. The summed E-state index contributed by atoms with van der Waals surface area (Å²) < 4.78 is 15.3. The lowest BCUT2D eigenvalue weighted by atomic mass is 10.2. The fourth-order valence-electron chi connectivity index (χ4n) is 2.38. The van der Waals surface area contributed by atoms with Crippen LogP contribution < -0.4 is 10.6 Å². The number of anilines is 1. The summed E-state index contributed by atoms with van der Waals surface area (Å²) in [4.78, 5) is 24.3. The predicted molar refractivity (Wildman–Crippen MR) is 112 cm³/mol. The van der Waals surface area contributed by atoms with Crippen LogP contribution in [-0.4, -0.2) is 32.3 Å². The Morgan fingerprint density at radius 2 is 1.86 bits per heavy atom. The van der Waals surface area contributed by atoms with Crippen LogP contribution in [0.5, 0.6) is 0 Å². The molecule has 150 valence electrons. The van der Waals surface area contributed by atoms with E-state index < -0.39 is 0 Å². The van der Waals surface area contributed by atoms with Crippen molar-refractivity contribution in [2.24, 2.45) is 7.05 Å². The SMILES string of the molecule is Cn1c(CNC(=O)c2ccccc2Br)nnc1SCC(=O)Nc1ccc(F)cc1. The lowest BCUT2D eigenvalue weighted by molar-refractivity contribution is -0.113. The third-order valence-electron chi connectivity index (χ3n) is 3.91. The summed E-state index contributed by atoms with van der Waals surface area (Å²) in [5.41, 5.74) is 1.05. The minimum atomic E-state index is -0.365. The third-order valence-corrected chi connectivity index (χ3v) is 5.62. The van der Waals surface area contributed by atoms with Gasteiger partial charge in [-0.2, -0.15) is 0 Å². The van der Waals surface area contributed by atoms with E-state index in [1.165, 1.54) is 36.0 Å². The number of benzene rings is 2. The monoisotopic (exact) mass is 477 g/mol. The number of hydrogen-bond donors (Lipinski definition) is 2. The Labute approximate surface area is 179 Å². The minimum absolute atomic E-state index is 0.118. The van der Waals surface area contributed by atoms with Crippen LogP contribution in [0.2, 0.25) is 0 Å². The first-order chi connectivity index (χ1) is 13.9. The number of nitrogens with zero attached hydrogens (tertiary/aromatic N) is 3. The van der Waals surface area contributed by atoms with Crippen molar-refractivity contribution in [3.05, 3.63) is 70.2 Å². The molecule has 0 saturated heterocycles. The molecule has 0 atom stereocenters. The Morgan fingerprint density at radius 3 is 2.59 bits per heavy atom. The van der Waals surface area contributed by atoms with Crippen molar-refractivity contribution in [3.63, 3.8) is 0 Å². The van der Waals surface area contributed by atoms with Gasteiger partial charge in [-0.15, -0.1) is 10.2 Å². The smallest absolute Gasteiger partial charge is 0.252 e. The van der Waals surface area contributed by atoms with Gasteiger partial charge in [-0.25, -0.2) is 4.39 Å². The van der Waals surface area contributed by atoms with Crippen LogP contribution >= 0.6 is 27.7 Å². The fourth-order valence-corrected chi connectivity index (χ4v) is 3.58. The Hall–Kier alpha value is -2.72. The maximum Gasteiger partial charge on any atom is 0.252 e. The van der Waals surface area contributed by atoms with Crippen molar-refractivity contribution in [1.29, 1.82) is 0 Å². The number of nitrogens with one attached hydrogen (secondary N) is 2. The van der Waals surface area contributed by atoms with E-state index in [1.807, 2.05) is 6.07 Å². The van der Waals surface area contributed by atoms with Gasteiger partial charge in [-0.1, -0.05) is 23.9 Å². The van der Waals surface area contributed by atoms with Crippen LogP contribution in [0, 0.1) is 5.82 Å². The molecule has 1 aromatic heterocycles. The van der Waals surface area contributed by atoms with Crippen molar-refractivity contribution >= 4 is 45.2 Å². The highest BCUT2D eigenvalue weighted by Crippen LogP contribution is 2.18. The molecular weight excluding hydrogens is 461 g/mol. The van der Waals surface area contributed by atoms with Gasteiger partial charge in [0.1, 0.15) is 5.82 Å². The molecule has 0 radical (unpaired) electrons.